The minimum Gasteiger partial charge on any atom is -0.481 e. The summed E-state index contributed by atoms with van der Waals surface area (Å²) in [5.74, 6) is -2.58. The van der Waals surface area contributed by atoms with Crippen molar-refractivity contribution in [2.45, 2.75) is 19.0 Å². The first kappa shape index (κ1) is 12.8. The van der Waals surface area contributed by atoms with E-state index in [1.54, 1.807) is 0 Å². The molecule has 1 aromatic rings. The van der Waals surface area contributed by atoms with Crippen LogP contribution in [-0.2, 0) is 11.0 Å². The van der Waals surface area contributed by atoms with Crippen molar-refractivity contribution >= 4 is 17.6 Å². The smallest absolute Gasteiger partial charge is 0.418 e. The molecule has 1 rings (SSSR count). The normalized spacial score (nSPS) is 13.6. The molecule has 0 spiro atoms. The van der Waals surface area contributed by atoms with Crippen LogP contribution in [0.5, 0.6) is 0 Å². The maximum absolute atomic E-state index is 12.7. The van der Waals surface area contributed by atoms with Gasteiger partial charge in [-0.1, -0.05) is 23.7 Å². The predicted octanol–water partition coefficient (Wildman–Crippen LogP) is 3.55. The number of aliphatic carboxylic acids is 1. The van der Waals surface area contributed by atoms with Gasteiger partial charge in [0.05, 0.1) is 16.5 Å². The van der Waals surface area contributed by atoms with Crippen molar-refractivity contribution in [2.75, 3.05) is 0 Å². The Bertz CT molecular complexity index is 415. The van der Waals surface area contributed by atoms with E-state index in [2.05, 4.69) is 0 Å². The van der Waals surface area contributed by atoms with E-state index in [1.165, 1.54) is 13.0 Å². The summed E-state index contributed by atoms with van der Waals surface area (Å²) in [4.78, 5) is 10.7. The fourth-order valence-electron chi connectivity index (χ4n) is 1.33. The zero-order chi connectivity index (χ0) is 12.5. The molecule has 0 fully saturated rings. The minimum atomic E-state index is -4.66. The monoisotopic (exact) mass is 252 g/mol. The van der Waals surface area contributed by atoms with Crippen LogP contribution in [0.2, 0.25) is 5.02 Å². The molecule has 0 amide bonds. The number of benzene rings is 1. The Morgan fingerprint density at radius 1 is 1.44 bits per heavy atom. The minimum absolute atomic E-state index is 0.326. The maximum Gasteiger partial charge on any atom is 0.418 e. The SMILES string of the molecule is CC(C(=O)O)c1cccc(Cl)c1C(F)(F)F. The average molecular weight is 253 g/mol. The van der Waals surface area contributed by atoms with Crippen molar-refractivity contribution in [1.29, 1.82) is 0 Å². The highest BCUT2D eigenvalue weighted by Gasteiger charge is 2.37. The first-order valence-electron chi connectivity index (χ1n) is 4.33. The Kier molecular flexibility index (Phi) is 3.48. The highest BCUT2D eigenvalue weighted by atomic mass is 35.5. The van der Waals surface area contributed by atoms with Crippen molar-refractivity contribution in [2.24, 2.45) is 0 Å². The third-order valence-electron chi connectivity index (χ3n) is 2.17. The largest absolute Gasteiger partial charge is 0.481 e. The fourth-order valence-corrected chi connectivity index (χ4v) is 1.62. The first-order chi connectivity index (χ1) is 7.25. The molecule has 0 radical (unpaired) electrons. The molecular weight excluding hydrogens is 245 g/mol. The van der Waals surface area contributed by atoms with E-state index in [-0.39, 0.29) is 5.56 Å². The molecule has 0 aliphatic carbocycles. The van der Waals surface area contributed by atoms with E-state index >= 15 is 0 Å². The number of hydrogen-bond acceptors (Lipinski definition) is 1. The Labute approximate surface area is 94.6 Å². The van der Waals surface area contributed by atoms with Crippen LogP contribution in [0.3, 0.4) is 0 Å². The lowest BCUT2D eigenvalue weighted by atomic mass is 9.95. The van der Waals surface area contributed by atoms with Gasteiger partial charge in [0.25, 0.3) is 0 Å². The van der Waals surface area contributed by atoms with Crippen molar-refractivity contribution in [3.8, 4) is 0 Å². The molecule has 0 saturated heterocycles. The lowest BCUT2D eigenvalue weighted by molar-refractivity contribution is -0.141. The Morgan fingerprint density at radius 3 is 2.44 bits per heavy atom. The number of carboxylic acids is 1. The van der Waals surface area contributed by atoms with Gasteiger partial charge in [-0.3, -0.25) is 4.79 Å². The van der Waals surface area contributed by atoms with Crippen LogP contribution in [-0.4, -0.2) is 11.1 Å². The number of rotatable bonds is 2. The first-order valence-corrected chi connectivity index (χ1v) is 4.71. The number of halogens is 4. The molecule has 2 nitrogen and oxygen atoms in total. The number of alkyl halides is 3. The molecule has 1 unspecified atom stereocenters. The zero-order valence-electron chi connectivity index (χ0n) is 8.18. The Balaban J connectivity index is 3.40. The molecule has 0 saturated carbocycles. The van der Waals surface area contributed by atoms with Crippen LogP contribution in [0.25, 0.3) is 0 Å². The summed E-state index contributed by atoms with van der Waals surface area (Å²) >= 11 is 5.45. The third kappa shape index (κ3) is 2.47. The highest BCUT2D eigenvalue weighted by molar-refractivity contribution is 6.31. The number of carboxylic acid groups (broad SMARTS) is 1. The van der Waals surface area contributed by atoms with Crippen LogP contribution in [0.1, 0.15) is 24.0 Å². The highest BCUT2D eigenvalue weighted by Crippen LogP contribution is 2.39. The lowest BCUT2D eigenvalue weighted by Gasteiger charge is -2.16. The van der Waals surface area contributed by atoms with E-state index in [1.807, 2.05) is 0 Å². The second kappa shape index (κ2) is 4.33. The van der Waals surface area contributed by atoms with Crippen LogP contribution in [0, 0.1) is 0 Å². The fraction of sp³-hybridized carbons (Fsp3) is 0.300. The molecular formula is C10H8ClF3O2. The second-order valence-electron chi connectivity index (χ2n) is 3.26. The van der Waals surface area contributed by atoms with Crippen LogP contribution < -0.4 is 0 Å². The molecule has 0 bridgehead atoms. The zero-order valence-corrected chi connectivity index (χ0v) is 8.93. The number of hydrogen-bond donors (Lipinski definition) is 1. The Morgan fingerprint density at radius 2 is 2.00 bits per heavy atom. The summed E-state index contributed by atoms with van der Waals surface area (Å²) in [6.45, 7) is 1.18. The van der Waals surface area contributed by atoms with Gasteiger partial charge in [-0.15, -0.1) is 0 Å². The summed E-state index contributed by atoms with van der Waals surface area (Å²) < 4.78 is 38.0. The third-order valence-corrected chi connectivity index (χ3v) is 2.48. The van der Waals surface area contributed by atoms with E-state index in [0.717, 1.165) is 12.1 Å². The molecule has 0 aromatic heterocycles. The van der Waals surface area contributed by atoms with Crippen LogP contribution in [0.4, 0.5) is 13.2 Å². The van der Waals surface area contributed by atoms with E-state index in [4.69, 9.17) is 16.7 Å². The van der Waals surface area contributed by atoms with E-state index in [0.29, 0.717) is 0 Å². The predicted molar refractivity (Wildman–Crippen MR) is 52.5 cm³/mol. The van der Waals surface area contributed by atoms with Gasteiger partial charge in [-0.2, -0.15) is 13.2 Å². The van der Waals surface area contributed by atoms with Crippen molar-refractivity contribution in [3.63, 3.8) is 0 Å². The lowest BCUT2D eigenvalue weighted by Crippen LogP contribution is -2.16. The molecule has 0 aliphatic heterocycles. The van der Waals surface area contributed by atoms with Gasteiger partial charge >= 0.3 is 12.1 Å². The number of carbonyl (C=O) groups is 1. The maximum atomic E-state index is 12.7. The molecule has 16 heavy (non-hydrogen) atoms. The molecule has 1 aromatic carbocycles. The Hall–Kier alpha value is -1.23. The van der Waals surface area contributed by atoms with E-state index in [9.17, 15) is 18.0 Å². The van der Waals surface area contributed by atoms with Crippen molar-refractivity contribution in [3.05, 3.63) is 34.3 Å². The summed E-state index contributed by atoms with van der Waals surface area (Å²) in [6, 6.07) is 3.50. The summed E-state index contributed by atoms with van der Waals surface area (Å²) in [7, 11) is 0. The van der Waals surface area contributed by atoms with Crippen LogP contribution >= 0.6 is 11.6 Å². The molecule has 1 atom stereocenters. The second-order valence-corrected chi connectivity index (χ2v) is 3.67. The molecule has 1 N–H and O–H groups in total. The molecule has 0 aliphatic rings. The van der Waals surface area contributed by atoms with Crippen molar-refractivity contribution < 1.29 is 23.1 Å². The van der Waals surface area contributed by atoms with Gasteiger partial charge in [-0.05, 0) is 18.6 Å². The van der Waals surface area contributed by atoms with Gasteiger partial charge in [0, 0.05) is 0 Å². The van der Waals surface area contributed by atoms with Crippen LogP contribution in [0.15, 0.2) is 18.2 Å². The van der Waals surface area contributed by atoms with Gasteiger partial charge in [0.15, 0.2) is 0 Å². The summed E-state index contributed by atoms with van der Waals surface area (Å²) in [5.41, 5.74) is -1.40. The van der Waals surface area contributed by atoms with Crippen molar-refractivity contribution in [1.82, 2.24) is 0 Å². The molecule has 0 heterocycles. The quantitative estimate of drug-likeness (QED) is 0.874. The van der Waals surface area contributed by atoms with Gasteiger partial charge in [0.1, 0.15) is 0 Å². The average Bonchev–Trinajstić information content (AvgIpc) is 2.14. The van der Waals surface area contributed by atoms with E-state index < -0.39 is 28.6 Å². The summed E-state index contributed by atoms with van der Waals surface area (Å²) in [5, 5.41) is 8.22. The standard InChI is InChI=1S/C10H8ClF3O2/c1-5(9(15)16)6-3-2-4-7(11)8(6)10(12,13)14/h2-5H,1H3,(H,15,16). The van der Waals surface area contributed by atoms with Gasteiger partial charge in [0.2, 0.25) is 0 Å². The van der Waals surface area contributed by atoms with Gasteiger partial charge < -0.3 is 5.11 Å². The summed E-state index contributed by atoms with van der Waals surface area (Å²) in [6.07, 6.45) is -4.66. The molecule has 88 valence electrons. The topological polar surface area (TPSA) is 37.3 Å². The molecule has 6 heteroatoms. The van der Waals surface area contributed by atoms with Gasteiger partial charge in [-0.25, -0.2) is 0 Å².